The number of quaternary nitrogens is 1. The summed E-state index contributed by atoms with van der Waals surface area (Å²) in [7, 11) is 1.41. The Hall–Kier alpha value is -2.59. The summed E-state index contributed by atoms with van der Waals surface area (Å²) in [6.07, 6.45) is 44.3. The highest BCUT2D eigenvalue weighted by molar-refractivity contribution is 7.47. The number of phosphoric acid groups is 1. The highest BCUT2D eigenvalue weighted by atomic mass is 31.2. The molecule has 0 amide bonds. The van der Waals surface area contributed by atoms with E-state index in [1.165, 1.54) is 32.1 Å². The van der Waals surface area contributed by atoms with Crippen LogP contribution < -0.4 is 0 Å². The first-order chi connectivity index (χ1) is 27.5. The van der Waals surface area contributed by atoms with E-state index >= 15 is 0 Å². The molecule has 1 fully saturated rings. The Kier molecular flexibility index (Phi) is 31.5. The predicted molar refractivity (Wildman–Crippen MR) is 233 cm³/mol. The van der Waals surface area contributed by atoms with Crippen LogP contribution in [0.15, 0.2) is 72.9 Å². The van der Waals surface area contributed by atoms with Gasteiger partial charge in [-0.2, -0.15) is 0 Å². The number of ether oxygens (including phenoxy) is 3. The Labute approximate surface area is 346 Å². The molecule has 0 bridgehead atoms. The van der Waals surface area contributed by atoms with Crippen molar-refractivity contribution < 1.29 is 46.8 Å². The van der Waals surface area contributed by atoms with Gasteiger partial charge in [0.1, 0.15) is 19.8 Å². The van der Waals surface area contributed by atoms with Crippen molar-refractivity contribution in [2.24, 2.45) is 0 Å². The van der Waals surface area contributed by atoms with Crippen molar-refractivity contribution in [1.82, 2.24) is 0 Å². The molecule has 1 saturated heterocycles. The standard InChI is InChI=1S/C46H78NO9P/c1-6-8-10-11-12-13-14-15-19-22-25-28-32-36-45(48)52-40-42(41-54-57(50,51)53-39-38-47(3,4)5)55-46(49)37-33-29-26-23-20-17-16-18-21-24-27-31-35-44-43(56-44)34-30-9-7-2/h9,13-14,17-18,20-21,26-27,29-31,42-44H,6-8,10-12,15-16,19,22-25,28,32-41H2,1-5H3/p+1/b14-13-,20-17-,21-18-,29-26-,30-9-,31-27-/t42-,43?,44?/m1/s1. The van der Waals surface area contributed by atoms with Crippen molar-refractivity contribution in [3.63, 3.8) is 0 Å². The third kappa shape index (κ3) is 35.1. The summed E-state index contributed by atoms with van der Waals surface area (Å²) in [4.78, 5) is 35.3. The Morgan fingerprint density at radius 3 is 1.81 bits per heavy atom. The number of allylic oxidation sites excluding steroid dienone is 10. The molecule has 0 spiro atoms. The van der Waals surface area contributed by atoms with E-state index in [9.17, 15) is 19.0 Å². The van der Waals surface area contributed by atoms with Crippen molar-refractivity contribution in [3.05, 3.63) is 72.9 Å². The predicted octanol–water partition coefficient (Wildman–Crippen LogP) is 11.2. The number of unbranched alkanes of at least 4 members (excludes halogenated alkanes) is 9. The smallest absolute Gasteiger partial charge is 0.462 e. The van der Waals surface area contributed by atoms with E-state index < -0.39 is 32.5 Å². The number of phosphoric ester groups is 1. The van der Waals surface area contributed by atoms with Crippen LogP contribution in [0.25, 0.3) is 0 Å². The maximum Gasteiger partial charge on any atom is 0.472 e. The minimum absolute atomic E-state index is 0.0113. The van der Waals surface area contributed by atoms with Gasteiger partial charge in [0.05, 0.1) is 40.0 Å². The summed E-state index contributed by atoms with van der Waals surface area (Å²) >= 11 is 0. The van der Waals surface area contributed by atoms with E-state index in [4.69, 9.17) is 23.3 Å². The number of carbonyl (C=O) groups excluding carboxylic acids is 2. The summed E-state index contributed by atoms with van der Waals surface area (Å²) in [6.45, 7) is 4.16. The molecule has 57 heavy (non-hydrogen) atoms. The van der Waals surface area contributed by atoms with Crippen molar-refractivity contribution in [2.75, 3.05) is 47.5 Å². The molecule has 1 N–H and O–H groups in total. The second-order valence-electron chi connectivity index (χ2n) is 15.7. The molecule has 11 heteroatoms. The van der Waals surface area contributed by atoms with Crippen LogP contribution in [-0.2, 0) is 37.4 Å². The Balaban J connectivity index is 2.35. The molecule has 0 aromatic rings. The molecule has 0 aromatic carbocycles. The molecule has 326 valence electrons. The van der Waals surface area contributed by atoms with Gasteiger partial charge in [-0.05, 0) is 77.0 Å². The third-order valence-corrected chi connectivity index (χ3v) is 10.1. The molecule has 4 atom stereocenters. The fourth-order valence-corrected chi connectivity index (χ4v) is 6.35. The zero-order chi connectivity index (χ0) is 41.9. The zero-order valence-corrected chi connectivity index (χ0v) is 37.1. The number of rotatable bonds is 37. The Morgan fingerprint density at radius 2 is 1.19 bits per heavy atom. The van der Waals surface area contributed by atoms with Crippen molar-refractivity contribution in [2.45, 2.75) is 161 Å². The van der Waals surface area contributed by atoms with Gasteiger partial charge in [0, 0.05) is 12.8 Å². The second-order valence-corrected chi connectivity index (χ2v) is 17.2. The van der Waals surface area contributed by atoms with Crippen molar-refractivity contribution in [3.8, 4) is 0 Å². The number of esters is 2. The zero-order valence-electron chi connectivity index (χ0n) is 36.2. The molecule has 10 nitrogen and oxygen atoms in total. The fraction of sp³-hybridized carbons (Fsp3) is 0.696. The van der Waals surface area contributed by atoms with Crippen LogP contribution in [0.5, 0.6) is 0 Å². The lowest BCUT2D eigenvalue weighted by Gasteiger charge is -2.24. The van der Waals surface area contributed by atoms with Gasteiger partial charge >= 0.3 is 19.8 Å². The lowest BCUT2D eigenvalue weighted by Crippen LogP contribution is -2.37. The summed E-state index contributed by atoms with van der Waals surface area (Å²) in [5, 5.41) is 0. The van der Waals surface area contributed by atoms with Crippen LogP contribution in [0.3, 0.4) is 0 Å². The molecule has 1 aliphatic rings. The number of epoxide rings is 1. The maximum atomic E-state index is 12.7. The van der Waals surface area contributed by atoms with Crippen LogP contribution in [-0.4, -0.2) is 87.1 Å². The van der Waals surface area contributed by atoms with Gasteiger partial charge in [-0.15, -0.1) is 0 Å². The number of carbonyl (C=O) groups is 2. The number of nitrogens with zero attached hydrogens (tertiary/aromatic N) is 1. The highest BCUT2D eigenvalue weighted by Crippen LogP contribution is 2.43. The van der Waals surface area contributed by atoms with E-state index in [1.807, 2.05) is 33.3 Å². The minimum atomic E-state index is -4.40. The molecule has 1 rings (SSSR count). The van der Waals surface area contributed by atoms with Crippen molar-refractivity contribution >= 4 is 19.8 Å². The van der Waals surface area contributed by atoms with E-state index in [1.54, 1.807) is 0 Å². The third-order valence-electron chi connectivity index (χ3n) is 9.14. The van der Waals surface area contributed by atoms with Gasteiger partial charge < -0.3 is 23.6 Å². The second kappa shape index (κ2) is 34.3. The fourth-order valence-electron chi connectivity index (χ4n) is 5.60. The first kappa shape index (κ1) is 52.4. The van der Waals surface area contributed by atoms with Crippen LogP contribution in [0.4, 0.5) is 0 Å². The summed E-state index contributed by atoms with van der Waals surface area (Å²) in [5.74, 6) is -0.918. The molecule has 0 saturated carbocycles. The van der Waals surface area contributed by atoms with E-state index in [0.717, 1.165) is 70.6 Å². The van der Waals surface area contributed by atoms with Gasteiger partial charge in [-0.3, -0.25) is 18.6 Å². The molecular formula is C46H79NO9P+. The SMILES string of the molecule is CC/C=C\CC1OC1C/C=C\C/C=C\C/C=C\C/C=C\CCC(=O)O[C@H](COC(=O)CCCCCCC/C=C\CCCCCC)COP(=O)(O)OCC[N+](C)(C)C. The highest BCUT2D eigenvalue weighted by Gasteiger charge is 2.36. The monoisotopic (exact) mass is 821 g/mol. The van der Waals surface area contributed by atoms with Crippen LogP contribution >= 0.6 is 7.82 Å². The lowest BCUT2D eigenvalue weighted by atomic mass is 10.1. The number of hydrogen-bond acceptors (Lipinski definition) is 8. The summed E-state index contributed by atoms with van der Waals surface area (Å²) < 4.78 is 39.8. The van der Waals surface area contributed by atoms with Gasteiger partial charge in [-0.25, -0.2) is 4.57 Å². The Bertz CT molecular complexity index is 1270. The van der Waals surface area contributed by atoms with Crippen LogP contribution in [0, 0.1) is 0 Å². The van der Waals surface area contributed by atoms with E-state index in [0.29, 0.717) is 36.1 Å². The van der Waals surface area contributed by atoms with E-state index in [-0.39, 0.29) is 26.1 Å². The van der Waals surface area contributed by atoms with Crippen LogP contribution in [0.2, 0.25) is 0 Å². The average molecular weight is 821 g/mol. The van der Waals surface area contributed by atoms with E-state index in [2.05, 4.69) is 74.6 Å². The van der Waals surface area contributed by atoms with Gasteiger partial charge in [0.15, 0.2) is 6.10 Å². The lowest BCUT2D eigenvalue weighted by molar-refractivity contribution is -0.870. The molecular weight excluding hydrogens is 741 g/mol. The average Bonchev–Trinajstić information content (AvgIpc) is 3.91. The van der Waals surface area contributed by atoms with Crippen molar-refractivity contribution in [1.29, 1.82) is 0 Å². The first-order valence-corrected chi connectivity index (χ1v) is 23.3. The van der Waals surface area contributed by atoms with Gasteiger partial charge in [0.2, 0.25) is 0 Å². The number of likely N-dealkylation sites (N-methyl/N-ethyl adjacent to an activating group) is 1. The normalized spacial score (nSPS) is 17.9. The summed E-state index contributed by atoms with van der Waals surface area (Å²) in [6, 6.07) is 0. The molecule has 1 aliphatic heterocycles. The maximum absolute atomic E-state index is 12.7. The van der Waals surface area contributed by atoms with Gasteiger partial charge in [-0.1, -0.05) is 125 Å². The molecule has 0 aromatic heterocycles. The molecule has 3 unspecified atom stereocenters. The summed E-state index contributed by atoms with van der Waals surface area (Å²) in [5.41, 5.74) is 0. The van der Waals surface area contributed by atoms with Crippen LogP contribution in [0.1, 0.15) is 142 Å². The molecule has 0 radical (unpaired) electrons. The Morgan fingerprint density at radius 1 is 0.649 bits per heavy atom. The molecule has 1 heterocycles. The molecule has 0 aliphatic carbocycles. The first-order valence-electron chi connectivity index (χ1n) is 21.8. The minimum Gasteiger partial charge on any atom is -0.462 e. The van der Waals surface area contributed by atoms with Gasteiger partial charge in [0.25, 0.3) is 0 Å². The topological polar surface area (TPSA) is 121 Å². The quantitative estimate of drug-likeness (QED) is 0.0163. The number of hydrogen-bond donors (Lipinski definition) is 1. The largest absolute Gasteiger partial charge is 0.472 e.